The molecule has 0 aliphatic heterocycles. The van der Waals surface area contributed by atoms with E-state index in [2.05, 4.69) is 58.0 Å². The summed E-state index contributed by atoms with van der Waals surface area (Å²) < 4.78 is 0. The third kappa shape index (κ3) is 2.77. The Morgan fingerprint density at radius 3 is 2.30 bits per heavy atom. The number of likely N-dealkylation sites (N-methyl/N-ethyl adjacent to an activating group) is 1. The molecule has 2 rings (SSSR count). The number of rotatable bonds is 3. The summed E-state index contributed by atoms with van der Waals surface area (Å²) in [6, 6.07) is 6.40. The first-order valence-electron chi connectivity index (χ1n) is 7.79. The lowest BCUT2D eigenvalue weighted by Crippen LogP contribution is -2.51. The SMILES string of the molecule is Cc1ccc(C(O)C2(N(C)C)CCC(C)CC2)c(C)c1. The van der Waals surface area contributed by atoms with Crippen molar-refractivity contribution in [3.63, 3.8) is 0 Å². The summed E-state index contributed by atoms with van der Waals surface area (Å²) in [6.45, 7) is 6.54. The average Bonchev–Trinajstić information content (AvgIpc) is 2.39. The lowest BCUT2D eigenvalue weighted by molar-refractivity contribution is -0.0411. The fourth-order valence-electron chi connectivity index (χ4n) is 3.65. The van der Waals surface area contributed by atoms with E-state index in [1.165, 1.54) is 24.0 Å². The van der Waals surface area contributed by atoms with Gasteiger partial charge in [0.05, 0.1) is 11.6 Å². The van der Waals surface area contributed by atoms with E-state index in [-0.39, 0.29) is 5.54 Å². The maximum atomic E-state index is 11.1. The van der Waals surface area contributed by atoms with E-state index in [0.717, 1.165) is 24.3 Å². The predicted molar refractivity (Wildman–Crippen MR) is 84.9 cm³/mol. The molecule has 112 valence electrons. The molecule has 0 saturated heterocycles. The van der Waals surface area contributed by atoms with Gasteiger partial charge in [-0.1, -0.05) is 30.7 Å². The number of aryl methyl sites for hydroxylation is 2. The fraction of sp³-hybridized carbons (Fsp3) is 0.667. The largest absolute Gasteiger partial charge is 0.386 e. The van der Waals surface area contributed by atoms with E-state index < -0.39 is 6.10 Å². The third-order valence-electron chi connectivity index (χ3n) is 5.26. The van der Waals surface area contributed by atoms with E-state index in [4.69, 9.17) is 0 Å². The molecular weight excluding hydrogens is 246 g/mol. The van der Waals surface area contributed by atoms with E-state index in [0.29, 0.717) is 0 Å². The van der Waals surface area contributed by atoms with E-state index >= 15 is 0 Å². The van der Waals surface area contributed by atoms with E-state index in [1.807, 2.05) is 0 Å². The van der Waals surface area contributed by atoms with Crippen LogP contribution in [-0.2, 0) is 0 Å². The highest BCUT2D eigenvalue weighted by molar-refractivity contribution is 5.34. The Hall–Kier alpha value is -0.860. The molecule has 1 aliphatic rings. The summed E-state index contributed by atoms with van der Waals surface area (Å²) in [5.74, 6) is 0.786. The monoisotopic (exact) mass is 275 g/mol. The molecule has 1 atom stereocenters. The summed E-state index contributed by atoms with van der Waals surface area (Å²) in [5.41, 5.74) is 3.46. The predicted octanol–water partition coefficient (Wildman–Crippen LogP) is 3.85. The van der Waals surface area contributed by atoms with E-state index in [9.17, 15) is 5.11 Å². The smallest absolute Gasteiger partial charge is 0.0975 e. The van der Waals surface area contributed by atoms with Crippen LogP contribution in [0.2, 0.25) is 0 Å². The molecule has 20 heavy (non-hydrogen) atoms. The molecule has 0 heterocycles. The second-order valence-corrected chi connectivity index (χ2v) is 6.94. The minimum Gasteiger partial charge on any atom is -0.386 e. The Labute approximate surface area is 123 Å². The van der Waals surface area contributed by atoms with Gasteiger partial charge in [0.15, 0.2) is 0 Å². The molecule has 1 saturated carbocycles. The molecule has 1 fully saturated rings. The average molecular weight is 275 g/mol. The number of hydrogen-bond donors (Lipinski definition) is 1. The van der Waals surface area contributed by atoms with E-state index in [1.54, 1.807) is 0 Å². The van der Waals surface area contributed by atoms with Gasteiger partial charge in [-0.15, -0.1) is 0 Å². The van der Waals surface area contributed by atoms with Gasteiger partial charge in [0.25, 0.3) is 0 Å². The van der Waals surface area contributed by atoms with Gasteiger partial charge in [-0.05, 0) is 70.7 Å². The summed E-state index contributed by atoms with van der Waals surface area (Å²) in [7, 11) is 4.23. The third-order valence-corrected chi connectivity index (χ3v) is 5.26. The molecule has 2 nitrogen and oxygen atoms in total. The molecule has 2 heteroatoms. The van der Waals surface area contributed by atoms with Gasteiger partial charge in [0, 0.05) is 0 Å². The number of hydrogen-bond acceptors (Lipinski definition) is 2. The van der Waals surface area contributed by atoms with Crippen molar-refractivity contribution in [2.45, 2.75) is 58.1 Å². The highest BCUT2D eigenvalue weighted by Crippen LogP contribution is 2.44. The molecule has 0 bridgehead atoms. The van der Waals surface area contributed by atoms with Crippen molar-refractivity contribution in [2.75, 3.05) is 14.1 Å². The van der Waals surface area contributed by atoms with Crippen molar-refractivity contribution in [2.24, 2.45) is 5.92 Å². The topological polar surface area (TPSA) is 23.5 Å². The minimum absolute atomic E-state index is 0.105. The maximum absolute atomic E-state index is 11.1. The molecule has 1 unspecified atom stereocenters. The van der Waals surface area contributed by atoms with Gasteiger partial charge in [-0.25, -0.2) is 0 Å². The lowest BCUT2D eigenvalue weighted by atomic mass is 9.71. The molecular formula is C18H29NO. The Bertz CT molecular complexity index is 458. The zero-order valence-electron chi connectivity index (χ0n) is 13.6. The summed E-state index contributed by atoms with van der Waals surface area (Å²) in [6.07, 6.45) is 4.18. The van der Waals surface area contributed by atoms with Crippen LogP contribution in [0, 0.1) is 19.8 Å². The van der Waals surface area contributed by atoms with Crippen molar-refractivity contribution in [3.8, 4) is 0 Å². The van der Waals surface area contributed by atoms with Crippen LogP contribution < -0.4 is 0 Å². The second kappa shape index (κ2) is 5.87. The highest BCUT2D eigenvalue weighted by atomic mass is 16.3. The first-order chi connectivity index (χ1) is 9.36. The Balaban J connectivity index is 2.34. The van der Waals surface area contributed by atoms with Crippen LogP contribution in [0.25, 0.3) is 0 Å². The second-order valence-electron chi connectivity index (χ2n) is 6.94. The van der Waals surface area contributed by atoms with Gasteiger partial charge in [-0.2, -0.15) is 0 Å². The summed E-state index contributed by atoms with van der Waals surface area (Å²) in [5, 5.41) is 11.1. The van der Waals surface area contributed by atoms with Gasteiger partial charge >= 0.3 is 0 Å². The lowest BCUT2D eigenvalue weighted by Gasteiger charge is -2.48. The standard InChI is InChI=1S/C18H29NO/c1-13-8-10-18(11-9-13,19(4)5)17(20)16-7-6-14(2)12-15(16)3/h6-7,12-13,17,20H,8-11H2,1-5H3. The van der Waals surface area contributed by atoms with Crippen LogP contribution in [0.4, 0.5) is 0 Å². The van der Waals surface area contributed by atoms with Crippen LogP contribution in [0.5, 0.6) is 0 Å². The van der Waals surface area contributed by atoms with Gasteiger partial charge < -0.3 is 10.0 Å². The van der Waals surface area contributed by atoms with Crippen LogP contribution in [0.3, 0.4) is 0 Å². The number of aliphatic hydroxyl groups is 1. The Morgan fingerprint density at radius 2 is 1.80 bits per heavy atom. The number of nitrogens with zero attached hydrogens (tertiary/aromatic N) is 1. The van der Waals surface area contributed by atoms with Crippen LogP contribution in [0.1, 0.15) is 55.4 Å². The van der Waals surface area contributed by atoms with Crippen molar-refractivity contribution in [1.29, 1.82) is 0 Å². The Morgan fingerprint density at radius 1 is 1.20 bits per heavy atom. The number of aliphatic hydroxyl groups excluding tert-OH is 1. The fourth-order valence-corrected chi connectivity index (χ4v) is 3.65. The molecule has 0 radical (unpaired) electrons. The van der Waals surface area contributed by atoms with Crippen molar-refractivity contribution < 1.29 is 5.11 Å². The van der Waals surface area contributed by atoms with Crippen molar-refractivity contribution in [3.05, 3.63) is 34.9 Å². The molecule has 1 N–H and O–H groups in total. The first kappa shape index (κ1) is 15.5. The maximum Gasteiger partial charge on any atom is 0.0975 e. The van der Waals surface area contributed by atoms with Crippen molar-refractivity contribution in [1.82, 2.24) is 4.90 Å². The molecule has 1 aromatic rings. The van der Waals surface area contributed by atoms with Gasteiger partial charge in [0.2, 0.25) is 0 Å². The molecule has 1 aromatic carbocycles. The summed E-state index contributed by atoms with van der Waals surface area (Å²) >= 11 is 0. The molecule has 0 spiro atoms. The summed E-state index contributed by atoms with van der Waals surface area (Å²) in [4.78, 5) is 2.25. The zero-order valence-corrected chi connectivity index (χ0v) is 13.6. The minimum atomic E-state index is -0.398. The molecule has 0 amide bonds. The quantitative estimate of drug-likeness (QED) is 0.906. The number of benzene rings is 1. The Kier molecular flexibility index (Phi) is 4.55. The van der Waals surface area contributed by atoms with Gasteiger partial charge in [0.1, 0.15) is 0 Å². The molecule has 0 aromatic heterocycles. The highest BCUT2D eigenvalue weighted by Gasteiger charge is 2.43. The first-order valence-corrected chi connectivity index (χ1v) is 7.79. The van der Waals surface area contributed by atoms with Gasteiger partial charge in [-0.3, -0.25) is 0 Å². The van der Waals surface area contributed by atoms with Crippen LogP contribution in [0.15, 0.2) is 18.2 Å². The zero-order chi connectivity index (χ0) is 14.9. The van der Waals surface area contributed by atoms with Crippen LogP contribution >= 0.6 is 0 Å². The van der Waals surface area contributed by atoms with Crippen LogP contribution in [-0.4, -0.2) is 29.6 Å². The molecule has 1 aliphatic carbocycles. The van der Waals surface area contributed by atoms with Crippen molar-refractivity contribution >= 4 is 0 Å². The normalized spacial score (nSPS) is 28.6.